The van der Waals surface area contributed by atoms with Crippen LogP contribution in [-0.4, -0.2) is 61.1 Å². The fraction of sp³-hybridized carbons (Fsp3) is 0.941. The third-order valence-electron chi connectivity index (χ3n) is 5.65. The maximum Gasteiger partial charge on any atom is 0.222 e. The summed E-state index contributed by atoms with van der Waals surface area (Å²) in [6.07, 6.45) is 10.0. The summed E-state index contributed by atoms with van der Waals surface area (Å²) in [5.41, 5.74) is 0. The number of ether oxygens (including phenoxy) is 1. The summed E-state index contributed by atoms with van der Waals surface area (Å²) in [7, 11) is 2.17. The van der Waals surface area contributed by atoms with Gasteiger partial charge in [-0.25, -0.2) is 0 Å². The Morgan fingerprint density at radius 1 is 1.10 bits per heavy atom. The molecule has 1 aliphatic carbocycles. The van der Waals surface area contributed by atoms with E-state index in [1.165, 1.54) is 38.5 Å². The van der Waals surface area contributed by atoms with Gasteiger partial charge in [-0.3, -0.25) is 9.69 Å². The average Bonchev–Trinajstić information content (AvgIpc) is 2.76. The van der Waals surface area contributed by atoms with E-state index in [9.17, 15) is 4.79 Å². The summed E-state index contributed by atoms with van der Waals surface area (Å²) in [5, 5.41) is 0. The summed E-state index contributed by atoms with van der Waals surface area (Å²) < 4.78 is 5.87. The Hall–Kier alpha value is -0.610. The summed E-state index contributed by atoms with van der Waals surface area (Å²) in [6.45, 7) is 3.59. The van der Waals surface area contributed by atoms with E-state index in [1.807, 2.05) is 0 Å². The summed E-state index contributed by atoms with van der Waals surface area (Å²) in [5.74, 6) is 1.03. The van der Waals surface area contributed by atoms with Crippen LogP contribution in [0.25, 0.3) is 0 Å². The van der Waals surface area contributed by atoms with Crippen LogP contribution in [0, 0.1) is 5.92 Å². The Morgan fingerprint density at radius 2 is 1.86 bits per heavy atom. The minimum Gasteiger partial charge on any atom is -0.375 e. The van der Waals surface area contributed by atoms with Gasteiger partial charge >= 0.3 is 0 Å². The highest BCUT2D eigenvalue weighted by Gasteiger charge is 2.37. The fourth-order valence-corrected chi connectivity index (χ4v) is 4.21. The van der Waals surface area contributed by atoms with E-state index in [-0.39, 0.29) is 0 Å². The number of rotatable bonds is 2. The topological polar surface area (TPSA) is 32.8 Å². The molecule has 0 bridgehead atoms. The van der Waals surface area contributed by atoms with Gasteiger partial charge in [-0.05, 0) is 32.2 Å². The molecule has 3 rings (SSSR count). The largest absolute Gasteiger partial charge is 0.375 e. The van der Waals surface area contributed by atoms with Gasteiger partial charge in [0, 0.05) is 26.1 Å². The molecule has 0 aromatic carbocycles. The molecule has 0 spiro atoms. The van der Waals surface area contributed by atoms with Crippen molar-refractivity contribution in [2.45, 2.75) is 63.5 Å². The molecule has 2 atom stereocenters. The number of carbonyl (C=O) groups is 1. The predicted octanol–water partition coefficient (Wildman–Crippen LogP) is 2.28. The van der Waals surface area contributed by atoms with Gasteiger partial charge in [0.2, 0.25) is 5.91 Å². The lowest BCUT2D eigenvalue weighted by Gasteiger charge is -2.45. The Morgan fingerprint density at radius 3 is 2.62 bits per heavy atom. The van der Waals surface area contributed by atoms with Crippen LogP contribution < -0.4 is 0 Å². The van der Waals surface area contributed by atoms with Crippen LogP contribution in [-0.2, 0) is 9.53 Å². The fourth-order valence-electron chi connectivity index (χ4n) is 4.21. The minimum absolute atomic E-state index is 0.339. The third-order valence-corrected chi connectivity index (χ3v) is 5.65. The van der Waals surface area contributed by atoms with Gasteiger partial charge in [0.1, 0.15) is 0 Å². The van der Waals surface area contributed by atoms with Crippen molar-refractivity contribution in [1.29, 1.82) is 0 Å². The number of morpholine rings is 1. The first-order valence-corrected chi connectivity index (χ1v) is 8.83. The zero-order valence-corrected chi connectivity index (χ0v) is 13.4. The number of fused-ring (bicyclic) bond motifs is 1. The van der Waals surface area contributed by atoms with E-state index in [2.05, 4.69) is 16.8 Å². The highest BCUT2D eigenvalue weighted by Crippen LogP contribution is 2.28. The molecule has 0 radical (unpaired) electrons. The first kappa shape index (κ1) is 15.3. The minimum atomic E-state index is 0.339. The number of hydrogen-bond donors (Lipinski definition) is 0. The van der Waals surface area contributed by atoms with Crippen LogP contribution in [0.1, 0.15) is 51.4 Å². The van der Waals surface area contributed by atoms with Crippen molar-refractivity contribution in [2.75, 3.05) is 33.3 Å². The van der Waals surface area contributed by atoms with Crippen molar-refractivity contribution in [3.8, 4) is 0 Å². The average molecular weight is 294 g/mol. The smallest absolute Gasteiger partial charge is 0.222 e. The van der Waals surface area contributed by atoms with Gasteiger partial charge < -0.3 is 9.64 Å². The maximum atomic E-state index is 12.6. The van der Waals surface area contributed by atoms with Gasteiger partial charge in [-0.15, -0.1) is 0 Å². The lowest BCUT2D eigenvalue weighted by atomic mass is 9.94. The van der Waals surface area contributed by atoms with E-state index >= 15 is 0 Å². The van der Waals surface area contributed by atoms with E-state index < -0.39 is 0 Å². The molecule has 1 saturated carbocycles. The molecule has 2 aliphatic heterocycles. The molecule has 4 heteroatoms. The quantitative estimate of drug-likeness (QED) is 0.733. The van der Waals surface area contributed by atoms with Crippen molar-refractivity contribution >= 4 is 5.91 Å². The number of piperidine rings is 1. The second-order valence-electron chi connectivity index (χ2n) is 7.15. The molecule has 3 fully saturated rings. The summed E-state index contributed by atoms with van der Waals surface area (Å²) in [4.78, 5) is 17.1. The van der Waals surface area contributed by atoms with E-state index in [0.717, 1.165) is 39.1 Å². The first-order valence-electron chi connectivity index (χ1n) is 8.83. The number of likely N-dealkylation sites (N-methyl/N-ethyl adjacent to an activating group) is 1. The molecular formula is C17H30N2O2. The Bertz CT molecular complexity index is 353. The highest BCUT2D eigenvalue weighted by molar-refractivity contribution is 5.76. The van der Waals surface area contributed by atoms with Gasteiger partial charge in [0.15, 0.2) is 0 Å². The Balaban J connectivity index is 1.52. The number of hydrogen-bond acceptors (Lipinski definition) is 3. The molecule has 1 amide bonds. The molecule has 0 N–H and O–H groups in total. The summed E-state index contributed by atoms with van der Waals surface area (Å²) >= 11 is 0. The SMILES string of the molecule is CN1CCOC2CCN(C(=O)CC3CCCCCC3)CC21. The van der Waals surface area contributed by atoms with Crippen LogP contribution in [0.3, 0.4) is 0 Å². The van der Waals surface area contributed by atoms with Crippen LogP contribution in [0.2, 0.25) is 0 Å². The zero-order valence-electron chi connectivity index (χ0n) is 13.4. The van der Waals surface area contributed by atoms with E-state index in [0.29, 0.717) is 24.0 Å². The van der Waals surface area contributed by atoms with Crippen LogP contribution in [0.4, 0.5) is 0 Å². The van der Waals surface area contributed by atoms with Crippen LogP contribution >= 0.6 is 0 Å². The monoisotopic (exact) mass is 294 g/mol. The molecular weight excluding hydrogens is 264 g/mol. The van der Waals surface area contributed by atoms with Crippen molar-refractivity contribution in [2.24, 2.45) is 5.92 Å². The standard InChI is InChI=1S/C17H30N2O2/c1-18-10-11-21-16-8-9-19(13-15(16)18)17(20)12-14-6-4-2-3-5-7-14/h14-16H,2-13H2,1H3. The normalized spacial score (nSPS) is 32.5. The number of nitrogens with zero attached hydrogens (tertiary/aromatic N) is 2. The lowest BCUT2D eigenvalue weighted by Crippen LogP contribution is -2.59. The van der Waals surface area contributed by atoms with Gasteiger partial charge in [0.25, 0.3) is 0 Å². The third kappa shape index (κ3) is 3.78. The van der Waals surface area contributed by atoms with Crippen molar-refractivity contribution in [1.82, 2.24) is 9.80 Å². The van der Waals surface area contributed by atoms with Gasteiger partial charge in [-0.2, -0.15) is 0 Å². The molecule has 21 heavy (non-hydrogen) atoms. The molecule has 2 heterocycles. The number of amides is 1. The molecule has 0 aromatic rings. The molecule has 2 unspecified atom stereocenters. The highest BCUT2D eigenvalue weighted by atomic mass is 16.5. The molecule has 120 valence electrons. The van der Waals surface area contributed by atoms with E-state index in [4.69, 9.17) is 4.74 Å². The maximum absolute atomic E-state index is 12.6. The second-order valence-corrected chi connectivity index (χ2v) is 7.15. The molecule has 0 aromatic heterocycles. The zero-order chi connectivity index (χ0) is 14.7. The Kier molecular flexibility index (Phi) is 5.17. The number of carbonyl (C=O) groups excluding carboxylic acids is 1. The molecule has 2 saturated heterocycles. The first-order chi connectivity index (χ1) is 10.2. The van der Waals surface area contributed by atoms with Crippen LogP contribution in [0.15, 0.2) is 0 Å². The van der Waals surface area contributed by atoms with Crippen molar-refractivity contribution < 1.29 is 9.53 Å². The van der Waals surface area contributed by atoms with Crippen molar-refractivity contribution in [3.63, 3.8) is 0 Å². The second kappa shape index (κ2) is 7.10. The van der Waals surface area contributed by atoms with Crippen LogP contribution in [0.5, 0.6) is 0 Å². The van der Waals surface area contributed by atoms with E-state index in [1.54, 1.807) is 0 Å². The van der Waals surface area contributed by atoms with Crippen molar-refractivity contribution in [3.05, 3.63) is 0 Å². The summed E-state index contributed by atoms with van der Waals surface area (Å²) in [6, 6.07) is 0.408. The number of likely N-dealkylation sites (tertiary alicyclic amines) is 1. The molecule has 4 nitrogen and oxygen atoms in total. The Labute approximate surface area is 128 Å². The van der Waals surface area contributed by atoms with Gasteiger partial charge in [-0.1, -0.05) is 25.7 Å². The lowest BCUT2D eigenvalue weighted by molar-refractivity contribution is -0.142. The predicted molar refractivity (Wildman–Crippen MR) is 83.2 cm³/mol. The van der Waals surface area contributed by atoms with Gasteiger partial charge in [0.05, 0.1) is 18.8 Å². The molecule has 3 aliphatic rings.